The molecule has 1 atom stereocenters. The van der Waals surface area contributed by atoms with Gasteiger partial charge < -0.3 is 13.9 Å². The van der Waals surface area contributed by atoms with Crippen molar-refractivity contribution < 1.29 is 9.21 Å². The lowest BCUT2D eigenvalue weighted by Crippen LogP contribution is -2.34. The van der Waals surface area contributed by atoms with Crippen molar-refractivity contribution in [2.24, 2.45) is 7.05 Å². The first-order valence-electron chi connectivity index (χ1n) is 7.05. The Morgan fingerprint density at radius 2 is 2.14 bits per heavy atom. The van der Waals surface area contributed by atoms with E-state index in [0.717, 1.165) is 31.1 Å². The number of nitrogens with zero attached hydrogens (tertiary/aromatic N) is 4. The predicted octanol–water partition coefficient (Wildman–Crippen LogP) is 2.18. The van der Waals surface area contributed by atoms with Gasteiger partial charge in [0.1, 0.15) is 0 Å². The van der Waals surface area contributed by atoms with Crippen LogP contribution in [0.3, 0.4) is 0 Å². The Morgan fingerprint density at radius 3 is 2.81 bits per heavy atom. The molecule has 3 rings (SSSR count). The van der Waals surface area contributed by atoms with Gasteiger partial charge in [0.25, 0.3) is 0 Å². The van der Waals surface area contributed by atoms with E-state index in [2.05, 4.69) is 10.2 Å². The van der Waals surface area contributed by atoms with Gasteiger partial charge in [-0.05, 0) is 31.9 Å². The second-order valence-corrected chi connectivity index (χ2v) is 6.44. The summed E-state index contributed by atoms with van der Waals surface area (Å²) in [6.07, 6.45) is 3.82. The summed E-state index contributed by atoms with van der Waals surface area (Å²) in [5, 5.41) is 8.87. The second kappa shape index (κ2) is 5.93. The molecule has 0 aromatic carbocycles. The number of carbonyl (C=O) groups excluding carboxylic acids is 1. The van der Waals surface area contributed by atoms with Gasteiger partial charge in [0.2, 0.25) is 5.91 Å². The molecule has 6 nitrogen and oxygen atoms in total. The molecule has 2 aromatic heterocycles. The van der Waals surface area contributed by atoms with E-state index in [1.54, 1.807) is 6.26 Å². The van der Waals surface area contributed by atoms with Crippen molar-refractivity contribution in [3.63, 3.8) is 0 Å². The van der Waals surface area contributed by atoms with Crippen LogP contribution in [0.1, 0.15) is 19.8 Å². The van der Waals surface area contributed by atoms with Crippen molar-refractivity contribution in [1.29, 1.82) is 0 Å². The van der Waals surface area contributed by atoms with Crippen LogP contribution in [0.4, 0.5) is 0 Å². The quantitative estimate of drug-likeness (QED) is 0.810. The van der Waals surface area contributed by atoms with E-state index < -0.39 is 0 Å². The van der Waals surface area contributed by atoms with Gasteiger partial charge in [-0.1, -0.05) is 11.8 Å². The van der Waals surface area contributed by atoms with Gasteiger partial charge in [0.15, 0.2) is 16.7 Å². The maximum atomic E-state index is 12.3. The Labute approximate surface area is 127 Å². The number of carbonyl (C=O) groups is 1. The third-order valence-corrected chi connectivity index (χ3v) is 4.75. The molecule has 0 aliphatic carbocycles. The minimum atomic E-state index is -0.157. The van der Waals surface area contributed by atoms with E-state index in [1.165, 1.54) is 11.8 Å². The molecule has 0 radical (unpaired) electrons. The zero-order valence-electron chi connectivity index (χ0n) is 12.2. The van der Waals surface area contributed by atoms with Crippen LogP contribution >= 0.6 is 11.8 Å². The number of thioether (sulfide) groups is 1. The molecule has 7 heteroatoms. The summed E-state index contributed by atoms with van der Waals surface area (Å²) in [5.74, 6) is 1.53. The van der Waals surface area contributed by atoms with Crippen LogP contribution in [0.25, 0.3) is 11.6 Å². The first-order chi connectivity index (χ1) is 10.2. The molecule has 0 N–H and O–H groups in total. The Hall–Kier alpha value is -1.76. The smallest absolute Gasteiger partial charge is 0.235 e. The molecular weight excluding hydrogens is 288 g/mol. The molecule has 0 bridgehead atoms. The molecule has 2 aromatic rings. The van der Waals surface area contributed by atoms with Crippen LogP contribution < -0.4 is 0 Å². The Morgan fingerprint density at radius 1 is 1.38 bits per heavy atom. The second-order valence-electron chi connectivity index (χ2n) is 5.13. The summed E-state index contributed by atoms with van der Waals surface area (Å²) in [5.41, 5.74) is 0. The van der Waals surface area contributed by atoms with Crippen LogP contribution in [0.15, 0.2) is 28.0 Å². The summed E-state index contributed by atoms with van der Waals surface area (Å²) in [7, 11) is 1.88. The zero-order valence-corrected chi connectivity index (χ0v) is 13.0. The Balaban J connectivity index is 1.71. The highest BCUT2D eigenvalue weighted by atomic mass is 32.2. The monoisotopic (exact) mass is 306 g/mol. The van der Waals surface area contributed by atoms with Crippen molar-refractivity contribution in [2.45, 2.75) is 30.2 Å². The first-order valence-corrected chi connectivity index (χ1v) is 7.93. The maximum absolute atomic E-state index is 12.3. The standard InChI is InChI=1S/C14H18N4O2S/c1-10(13(19)18-7-3-4-8-18)21-14-16-15-12(17(14)2)11-6-5-9-20-11/h5-6,9-10H,3-4,7-8H2,1-2H3. The summed E-state index contributed by atoms with van der Waals surface area (Å²) >= 11 is 1.44. The van der Waals surface area contributed by atoms with Gasteiger partial charge >= 0.3 is 0 Å². The van der Waals surface area contributed by atoms with Gasteiger partial charge in [-0.15, -0.1) is 10.2 Å². The van der Waals surface area contributed by atoms with Crippen LogP contribution in [-0.4, -0.2) is 43.9 Å². The molecular formula is C14H18N4O2S. The van der Waals surface area contributed by atoms with Gasteiger partial charge in [0.05, 0.1) is 11.5 Å². The van der Waals surface area contributed by atoms with Crippen molar-refractivity contribution in [3.05, 3.63) is 18.4 Å². The van der Waals surface area contributed by atoms with Crippen molar-refractivity contribution >= 4 is 17.7 Å². The lowest BCUT2D eigenvalue weighted by atomic mass is 10.4. The van der Waals surface area contributed by atoms with E-state index in [9.17, 15) is 4.79 Å². The van der Waals surface area contributed by atoms with Gasteiger partial charge in [-0.2, -0.15) is 0 Å². The topological polar surface area (TPSA) is 64.2 Å². The van der Waals surface area contributed by atoms with Crippen LogP contribution in [0.2, 0.25) is 0 Å². The van der Waals surface area contributed by atoms with Crippen LogP contribution in [0, 0.1) is 0 Å². The highest BCUT2D eigenvalue weighted by Gasteiger charge is 2.26. The summed E-state index contributed by atoms with van der Waals surface area (Å²) in [6.45, 7) is 3.67. The lowest BCUT2D eigenvalue weighted by Gasteiger charge is -2.19. The number of amides is 1. The fourth-order valence-corrected chi connectivity index (χ4v) is 3.34. The fraction of sp³-hybridized carbons (Fsp3) is 0.500. The molecule has 3 heterocycles. The van der Waals surface area contributed by atoms with E-state index in [0.29, 0.717) is 11.6 Å². The van der Waals surface area contributed by atoms with E-state index in [4.69, 9.17) is 4.42 Å². The average Bonchev–Trinajstić information content (AvgIpc) is 3.20. The Bertz CT molecular complexity index is 617. The normalized spacial score (nSPS) is 16.4. The molecule has 0 spiro atoms. The number of furan rings is 1. The maximum Gasteiger partial charge on any atom is 0.235 e. The number of hydrogen-bond acceptors (Lipinski definition) is 5. The molecule has 0 saturated carbocycles. The summed E-state index contributed by atoms with van der Waals surface area (Å²) in [4.78, 5) is 14.3. The molecule has 1 unspecified atom stereocenters. The molecule has 1 saturated heterocycles. The minimum Gasteiger partial charge on any atom is -0.461 e. The van der Waals surface area contributed by atoms with Crippen LogP contribution in [0.5, 0.6) is 0 Å². The fourth-order valence-electron chi connectivity index (χ4n) is 2.44. The number of rotatable bonds is 4. The average molecular weight is 306 g/mol. The molecule has 1 aliphatic heterocycles. The molecule has 21 heavy (non-hydrogen) atoms. The SMILES string of the molecule is CC(Sc1nnc(-c2ccco2)n1C)C(=O)N1CCCC1. The van der Waals surface area contributed by atoms with Crippen molar-refractivity contribution in [3.8, 4) is 11.6 Å². The van der Waals surface area contributed by atoms with E-state index >= 15 is 0 Å². The third-order valence-electron chi connectivity index (χ3n) is 3.62. The zero-order chi connectivity index (χ0) is 14.8. The molecule has 112 valence electrons. The first kappa shape index (κ1) is 14.2. The number of hydrogen-bond donors (Lipinski definition) is 0. The van der Waals surface area contributed by atoms with Crippen LogP contribution in [-0.2, 0) is 11.8 Å². The van der Waals surface area contributed by atoms with E-state index in [-0.39, 0.29) is 11.2 Å². The lowest BCUT2D eigenvalue weighted by molar-refractivity contribution is -0.129. The van der Waals surface area contributed by atoms with Gasteiger partial charge in [-0.3, -0.25) is 4.79 Å². The summed E-state index contributed by atoms with van der Waals surface area (Å²) < 4.78 is 7.20. The number of aromatic nitrogens is 3. The van der Waals surface area contributed by atoms with Gasteiger partial charge in [0, 0.05) is 20.1 Å². The minimum absolute atomic E-state index is 0.157. The highest BCUT2D eigenvalue weighted by Crippen LogP contribution is 2.27. The number of likely N-dealkylation sites (tertiary alicyclic amines) is 1. The molecule has 1 amide bonds. The largest absolute Gasteiger partial charge is 0.461 e. The van der Waals surface area contributed by atoms with Crippen molar-refractivity contribution in [1.82, 2.24) is 19.7 Å². The highest BCUT2D eigenvalue weighted by molar-refractivity contribution is 8.00. The van der Waals surface area contributed by atoms with Gasteiger partial charge in [-0.25, -0.2) is 0 Å². The predicted molar refractivity (Wildman–Crippen MR) is 79.8 cm³/mol. The molecule has 1 aliphatic rings. The molecule has 1 fully saturated rings. The van der Waals surface area contributed by atoms with Crippen molar-refractivity contribution in [2.75, 3.05) is 13.1 Å². The summed E-state index contributed by atoms with van der Waals surface area (Å²) in [6, 6.07) is 3.66. The Kier molecular flexibility index (Phi) is 4.01. The third kappa shape index (κ3) is 2.83. The van der Waals surface area contributed by atoms with E-state index in [1.807, 2.05) is 35.6 Å².